The maximum absolute atomic E-state index is 13.9. The lowest BCUT2D eigenvalue weighted by Gasteiger charge is -2.04. The second kappa shape index (κ2) is 4.73. The monoisotopic (exact) mass is 273 g/mol. The van der Waals surface area contributed by atoms with Crippen LogP contribution in [0.15, 0.2) is 47.1 Å². The first-order valence-corrected chi connectivity index (χ1v) is 5.79. The molecule has 0 unspecified atom stereocenters. The maximum Gasteiger partial charge on any atom is 0.184 e. The second-order valence-electron chi connectivity index (χ2n) is 4.08. The molecule has 0 aliphatic rings. The van der Waals surface area contributed by atoms with Gasteiger partial charge in [-0.25, -0.2) is 8.78 Å². The molecule has 0 saturated heterocycles. The van der Waals surface area contributed by atoms with Crippen LogP contribution in [0.2, 0.25) is 0 Å². The van der Waals surface area contributed by atoms with Gasteiger partial charge in [-0.3, -0.25) is 4.98 Å². The normalized spacial score (nSPS) is 10.7. The van der Waals surface area contributed by atoms with E-state index in [1.165, 1.54) is 6.07 Å². The van der Waals surface area contributed by atoms with Crippen LogP contribution in [-0.4, -0.2) is 10.1 Å². The van der Waals surface area contributed by atoms with Gasteiger partial charge >= 0.3 is 0 Å². The molecule has 0 amide bonds. The molecule has 2 aromatic heterocycles. The molecule has 2 heterocycles. The number of anilines is 1. The van der Waals surface area contributed by atoms with Crippen molar-refractivity contribution in [2.75, 3.05) is 5.73 Å². The van der Waals surface area contributed by atoms with E-state index in [0.29, 0.717) is 5.69 Å². The van der Waals surface area contributed by atoms with Gasteiger partial charge in [-0.1, -0.05) is 17.3 Å². The average molecular weight is 273 g/mol. The van der Waals surface area contributed by atoms with Crippen LogP contribution in [0.1, 0.15) is 0 Å². The number of benzene rings is 1. The van der Waals surface area contributed by atoms with Crippen LogP contribution in [0.5, 0.6) is 0 Å². The van der Waals surface area contributed by atoms with E-state index in [-0.39, 0.29) is 22.7 Å². The predicted octanol–water partition coefficient (Wildman–Crippen LogP) is 3.26. The molecule has 0 aliphatic carbocycles. The Morgan fingerprint density at radius 3 is 2.35 bits per heavy atom. The highest BCUT2D eigenvalue weighted by atomic mass is 19.1. The SMILES string of the molecule is Nc1noc(-c2c(F)cccc2F)c1-c1ccccn1. The topological polar surface area (TPSA) is 64.9 Å². The molecular weight excluding hydrogens is 264 g/mol. The number of nitrogen functional groups attached to an aromatic ring is 1. The first-order valence-electron chi connectivity index (χ1n) is 5.79. The summed E-state index contributed by atoms with van der Waals surface area (Å²) >= 11 is 0. The molecule has 0 spiro atoms. The summed E-state index contributed by atoms with van der Waals surface area (Å²) in [7, 11) is 0. The minimum atomic E-state index is -0.752. The lowest BCUT2D eigenvalue weighted by molar-refractivity contribution is 0.430. The smallest absolute Gasteiger partial charge is 0.184 e. The van der Waals surface area contributed by atoms with Crippen molar-refractivity contribution in [1.29, 1.82) is 0 Å². The largest absolute Gasteiger partial charge is 0.380 e. The van der Waals surface area contributed by atoms with Crippen molar-refractivity contribution in [2.24, 2.45) is 0 Å². The molecule has 0 aliphatic heterocycles. The van der Waals surface area contributed by atoms with E-state index in [1.807, 2.05) is 0 Å². The highest BCUT2D eigenvalue weighted by Crippen LogP contribution is 2.37. The fraction of sp³-hybridized carbons (Fsp3) is 0. The van der Waals surface area contributed by atoms with Crippen molar-refractivity contribution in [3.8, 4) is 22.6 Å². The Balaban J connectivity index is 2.27. The van der Waals surface area contributed by atoms with Gasteiger partial charge in [-0.2, -0.15) is 0 Å². The van der Waals surface area contributed by atoms with Gasteiger partial charge in [0.25, 0.3) is 0 Å². The van der Waals surface area contributed by atoms with Crippen LogP contribution in [0.3, 0.4) is 0 Å². The maximum atomic E-state index is 13.9. The Kier molecular flexibility index (Phi) is 2.90. The highest BCUT2D eigenvalue weighted by Gasteiger charge is 2.23. The minimum absolute atomic E-state index is 0.0290. The van der Waals surface area contributed by atoms with Crippen molar-refractivity contribution >= 4 is 5.82 Å². The second-order valence-corrected chi connectivity index (χ2v) is 4.08. The molecule has 0 radical (unpaired) electrons. The molecule has 6 heteroatoms. The minimum Gasteiger partial charge on any atom is -0.380 e. The van der Waals surface area contributed by atoms with Gasteiger partial charge in [0.05, 0.1) is 16.8 Å². The number of rotatable bonds is 2. The molecule has 0 fully saturated rings. The molecule has 0 saturated carbocycles. The van der Waals surface area contributed by atoms with E-state index >= 15 is 0 Å². The van der Waals surface area contributed by atoms with Crippen molar-refractivity contribution < 1.29 is 13.3 Å². The quantitative estimate of drug-likeness (QED) is 0.778. The molecule has 100 valence electrons. The molecule has 2 N–H and O–H groups in total. The van der Waals surface area contributed by atoms with Crippen LogP contribution < -0.4 is 5.73 Å². The third-order valence-corrected chi connectivity index (χ3v) is 2.83. The number of aromatic nitrogens is 2. The van der Waals surface area contributed by atoms with Crippen molar-refractivity contribution in [3.05, 3.63) is 54.2 Å². The molecule has 1 aromatic carbocycles. The Morgan fingerprint density at radius 2 is 1.70 bits per heavy atom. The first-order chi connectivity index (χ1) is 9.68. The van der Waals surface area contributed by atoms with Gasteiger partial charge in [0.15, 0.2) is 11.6 Å². The van der Waals surface area contributed by atoms with Crippen molar-refractivity contribution in [2.45, 2.75) is 0 Å². The number of halogens is 2. The van der Waals surface area contributed by atoms with Crippen molar-refractivity contribution in [1.82, 2.24) is 10.1 Å². The predicted molar refractivity (Wildman–Crippen MR) is 69.5 cm³/mol. The number of nitrogens with two attached hydrogens (primary N) is 1. The van der Waals surface area contributed by atoms with E-state index in [9.17, 15) is 8.78 Å². The molecule has 4 nitrogen and oxygen atoms in total. The van der Waals surface area contributed by atoms with Gasteiger partial charge in [-0.05, 0) is 24.3 Å². The number of hydrogen-bond donors (Lipinski definition) is 1. The third-order valence-electron chi connectivity index (χ3n) is 2.83. The van der Waals surface area contributed by atoms with Gasteiger partial charge in [-0.15, -0.1) is 0 Å². The fourth-order valence-electron chi connectivity index (χ4n) is 1.95. The lowest BCUT2D eigenvalue weighted by Crippen LogP contribution is -1.93. The summed E-state index contributed by atoms with van der Waals surface area (Å²) in [5, 5.41) is 3.58. The highest BCUT2D eigenvalue weighted by molar-refractivity contribution is 5.85. The Bertz CT molecular complexity index is 736. The summed E-state index contributed by atoms with van der Waals surface area (Å²) in [6, 6.07) is 8.66. The van der Waals surface area contributed by atoms with E-state index < -0.39 is 11.6 Å². The molecular formula is C14H9F2N3O. The van der Waals surface area contributed by atoms with Gasteiger partial charge in [0.1, 0.15) is 11.6 Å². The summed E-state index contributed by atoms with van der Waals surface area (Å²) in [6.07, 6.45) is 1.54. The van der Waals surface area contributed by atoms with E-state index in [0.717, 1.165) is 12.1 Å². The first kappa shape index (κ1) is 12.3. The number of pyridine rings is 1. The third kappa shape index (κ3) is 1.91. The Morgan fingerprint density at radius 1 is 0.950 bits per heavy atom. The number of nitrogens with zero attached hydrogens (tertiary/aromatic N) is 2. The summed E-state index contributed by atoms with van der Waals surface area (Å²) in [6.45, 7) is 0. The molecule has 3 rings (SSSR count). The average Bonchev–Trinajstić information content (AvgIpc) is 2.81. The van der Waals surface area contributed by atoms with E-state index in [2.05, 4.69) is 10.1 Å². The molecule has 20 heavy (non-hydrogen) atoms. The zero-order valence-corrected chi connectivity index (χ0v) is 10.2. The summed E-state index contributed by atoms with van der Waals surface area (Å²) < 4.78 is 32.7. The summed E-state index contributed by atoms with van der Waals surface area (Å²) in [4.78, 5) is 4.10. The number of hydrogen-bond acceptors (Lipinski definition) is 4. The standard InChI is InChI=1S/C14H9F2N3O/c15-8-4-3-5-9(16)11(8)13-12(14(17)19-20-13)10-6-1-2-7-18-10/h1-7H,(H2,17,19). The fourth-order valence-corrected chi connectivity index (χ4v) is 1.95. The van der Waals surface area contributed by atoms with E-state index in [1.54, 1.807) is 24.4 Å². The zero-order valence-electron chi connectivity index (χ0n) is 10.2. The molecule has 3 aromatic rings. The summed E-state index contributed by atoms with van der Waals surface area (Å²) in [5.74, 6) is -1.55. The van der Waals surface area contributed by atoms with Gasteiger partial charge in [0.2, 0.25) is 0 Å². The van der Waals surface area contributed by atoms with Crippen LogP contribution in [0.25, 0.3) is 22.6 Å². The van der Waals surface area contributed by atoms with E-state index in [4.69, 9.17) is 10.3 Å². The Labute approximate surface area is 112 Å². The van der Waals surface area contributed by atoms with Gasteiger partial charge < -0.3 is 10.3 Å². The van der Waals surface area contributed by atoms with Crippen LogP contribution in [-0.2, 0) is 0 Å². The van der Waals surface area contributed by atoms with Crippen LogP contribution >= 0.6 is 0 Å². The molecule has 0 atom stereocenters. The Hall–Kier alpha value is -2.76. The van der Waals surface area contributed by atoms with Crippen LogP contribution in [0, 0.1) is 11.6 Å². The lowest BCUT2D eigenvalue weighted by atomic mass is 10.0. The summed E-state index contributed by atoms with van der Waals surface area (Å²) in [5.41, 5.74) is 6.12. The zero-order chi connectivity index (χ0) is 14.1. The van der Waals surface area contributed by atoms with Gasteiger partial charge in [0, 0.05) is 6.20 Å². The van der Waals surface area contributed by atoms with Crippen LogP contribution in [0.4, 0.5) is 14.6 Å². The molecule has 0 bridgehead atoms. The van der Waals surface area contributed by atoms with Crippen molar-refractivity contribution in [3.63, 3.8) is 0 Å².